The average molecular weight is 261 g/mol. The van der Waals surface area contributed by atoms with Crippen molar-refractivity contribution in [2.75, 3.05) is 11.9 Å². The molecule has 0 fully saturated rings. The first-order chi connectivity index (χ1) is 8.72. The van der Waals surface area contributed by atoms with Crippen LogP contribution in [0.5, 0.6) is 0 Å². The largest absolute Gasteiger partial charge is 0.290 e. The van der Waals surface area contributed by atoms with Gasteiger partial charge in [0.15, 0.2) is 0 Å². The fourth-order valence-corrected chi connectivity index (χ4v) is 2.37. The van der Waals surface area contributed by atoms with Gasteiger partial charge in [0.2, 0.25) is 11.0 Å². The van der Waals surface area contributed by atoms with Crippen molar-refractivity contribution in [1.82, 2.24) is 10.2 Å². The predicted molar refractivity (Wildman–Crippen MR) is 73.7 cm³/mol. The van der Waals surface area contributed by atoms with E-state index in [1.807, 2.05) is 37.3 Å². The summed E-state index contributed by atoms with van der Waals surface area (Å²) in [5, 5.41) is 9.67. The number of amides is 1. The zero-order chi connectivity index (χ0) is 13.0. The molecule has 0 aliphatic heterocycles. The number of rotatable bonds is 4. The summed E-state index contributed by atoms with van der Waals surface area (Å²) in [5.41, 5.74) is 1.03. The molecule has 0 unspecified atom stereocenters. The molecule has 18 heavy (non-hydrogen) atoms. The van der Waals surface area contributed by atoms with E-state index in [1.54, 1.807) is 11.9 Å². The third kappa shape index (κ3) is 2.73. The van der Waals surface area contributed by atoms with Crippen molar-refractivity contribution in [3.05, 3.63) is 30.3 Å². The number of anilines is 1. The van der Waals surface area contributed by atoms with Crippen molar-refractivity contribution in [3.8, 4) is 10.6 Å². The molecule has 0 spiro atoms. The maximum atomic E-state index is 11.8. The summed E-state index contributed by atoms with van der Waals surface area (Å²) >= 11 is 1.43. The lowest BCUT2D eigenvalue weighted by Crippen LogP contribution is -2.25. The van der Waals surface area contributed by atoms with Gasteiger partial charge in [-0.3, -0.25) is 9.69 Å². The summed E-state index contributed by atoms with van der Waals surface area (Å²) in [4.78, 5) is 13.3. The molecule has 0 N–H and O–H groups in total. The zero-order valence-corrected chi connectivity index (χ0v) is 11.3. The maximum Gasteiger partial charge on any atom is 0.228 e. The van der Waals surface area contributed by atoms with Gasteiger partial charge in [-0.25, -0.2) is 0 Å². The van der Waals surface area contributed by atoms with Crippen LogP contribution in [0, 0.1) is 0 Å². The Morgan fingerprint density at radius 1 is 1.28 bits per heavy atom. The number of benzene rings is 1. The second kappa shape index (κ2) is 5.73. The molecule has 5 heteroatoms. The van der Waals surface area contributed by atoms with Gasteiger partial charge in [-0.15, -0.1) is 10.2 Å². The SMILES string of the molecule is CCCC(=O)N(C)c1nnc(-c2ccccc2)s1. The quantitative estimate of drug-likeness (QED) is 0.850. The van der Waals surface area contributed by atoms with Crippen molar-refractivity contribution in [2.24, 2.45) is 0 Å². The third-order valence-electron chi connectivity index (χ3n) is 2.56. The second-order valence-electron chi connectivity index (χ2n) is 3.96. The van der Waals surface area contributed by atoms with Crippen molar-refractivity contribution in [1.29, 1.82) is 0 Å². The molecule has 2 rings (SSSR count). The number of nitrogens with zero attached hydrogens (tertiary/aromatic N) is 3. The third-order valence-corrected chi connectivity index (χ3v) is 3.61. The van der Waals surface area contributed by atoms with Crippen molar-refractivity contribution in [3.63, 3.8) is 0 Å². The van der Waals surface area contributed by atoms with E-state index in [0.717, 1.165) is 17.0 Å². The highest BCUT2D eigenvalue weighted by Crippen LogP contribution is 2.28. The van der Waals surface area contributed by atoms with Gasteiger partial charge in [-0.1, -0.05) is 48.6 Å². The Morgan fingerprint density at radius 2 is 2.00 bits per heavy atom. The topological polar surface area (TPSA) is 46.1 Å². The van der Waals surface area contributed by atoms with Crippen LogP contribution in [-0.2, 0) is 4.79 Å². The van der Waals surface area contributed by atoms with E-state index in [2.05, 4.69) is 10.2 Å². The van der Waals surface area contributed by atoms with Gasteiger partial charge >= 0.3 is 0 Å². The van der Waals surface area contributed by atoms with E-state index < -0.39 is 0 Å². The molecule has 0 radical (unpaired) electrons. The summed E-state index contributed by atoms with van der Waals surface area (Å²) in [6.07, 6.45) is 1.38. The first kappa shape index (κ1) is 12.7. The normalized spacial score (nSPS) is 10.3. The molecule has 2 aromatic rings. The van der Waals surface area contributed by atoms with Crippen LogP contribution in [0.15, 0.2) is 30.3 Å². The van der Waals surface area contributed by atoms with E-state index in [9.17, 15) is 4.79 Å². The Morgan fingerprint density at radius 3 is 2.67 bits per heavy atom. The van der Waals surface area contributed by atoms with Crippen molar-refractivity contribution >= 4 is 22.4 Å². The Bertz CT molecular complexity index is 524. The highest BCUT2D eigenvalue weighted by Gasteiger charge is 2.15. The highest BCUT2D eigenvalue weighted by atomic mass is 32.1. The van der Waals surface area contributed by atoms with Gasteiger partial charge in [-0.2, -0.15) is 0 Å². The second-order valence-corrected chi connectivity index (χ2v) is 4.91. The Labute approximate surface area is 110 Å². The Hall–Kier alpha value is -1.75. The fraction of sp³-hybridized carbons (Fsp3) is 0.308. The van der Waals surface area contributed by atoms with Crippen LogP contribution < -0.4 is 4.90 Å². The fourth-order valence-electron chi connectivity index (χ4n) is 1.54. The van der Waals surface area contributed by atoms with E-state index >= 15 is 0 Å². The summed E-state index contributed by atoms with van der Waals surface area (Å²) in [7, 11) is 1.74. The smallest absolute Gasteiger partial charge is 0.228 e. The monoisotopic (exact) mass is 261 g/mol. The molecule has 0 aliphatic carbocycles. The summed E-state index contributed by atoms with van der Waals surface area (Å²) in [5.74, 6) is 0.0771. The molecule has 4 nitrogen and oxygen atoms in total. The molecule has 0 saturated carbocycles. The predicted octanol–water partition coefficient (Wildman–Crippen LogP) is 2.97. The first-order valence-corrected chi connectivity index (χ1v) is 6.69. The summed E-state index contributed by atoms with van der Waals surface area (Å²) < 4.78 is 0. The van der Waals surface area contributed by atoms with Gasteiger partial charge in [0, 0.05) is 19.0 Å². The molecule has 1 aromatic heterocycles. The number of aromatic nitrogens is 2. The van der Waals surface area contributed by atoms with Crippen molar-refractivity contribution < 1.29 is 4.79 Å². The van der Waals surface area contributed by atoms with Crippen LogP contribution in [0.4, 0.5) is 5.13 Å². The number of carbonyl (C=O) groups excluding carboxylic acids is 1. The number of hydrogen-bond donors (Lipinski definition) is 0. The van der Waals surface area contributed by atoms with Gasteiger partial charge in [0.25, 0.3) is 0 Å². The molecule has 94 valence electrons. The molecular weight excluding hydrogens is 246 g/mol. The van der Waals surface area contributed by atoms with Crippen LogP contribution >= 0.6 is 11.3 Å². The minimum atomic E-state index is 0.0771. The van der Waals surface area contributed by atoms with E-state index in [4.69, 9.17) is 0 Å². The van der Waals surface area contributed by atoms with E-state index in [-0.39, 0.29) is 5.91 Å². The molecule has 1 aromatic carbocycles. The van der Waals surface area contributed by atoms with Crippen LogP contribution in [0.25, 0.3) is 10.6 Å². The summed E-state index contributed by atoms with van der Waals surface area (Å²) in [6.45, 7) is 1.99. The first-order valence-electron chi connectivity index (χ1n) is 5.88. The molecule has 1 heterocycles. The molecule has 0 saturated heterocycles. The summed E-state index contributed by atoms with van der Waals surface area (Å²) in [6, 6.07) is 9.85. The lowest BCUT2D eigenvalue weighted by Gasteiger charge is -2.11. The number of carbonyl (C=O) groups is 1. The lowest BCUT2D eigenvalue weighted by molar-refractivity contribution is -0.118. The standard InChI is InChI=1S/C13H15N3OS/c1-3-7-11(17)16(2)13-15-14-12(18-13)10-8-5-4-6-9-10/h4-6,8-9H,3,7H2,1-2H3. The minimum Gasteiger partial charge on any atom is -0.290 e. The van der Waals surface area contributed by atoms with Crippen LogP contribution in [0.3, 0.4) is 0 Å². The minimum absolute atomic E-state index is 0.0771. The molecule has 0 bridgehead atoms. The lowest BCUT2D eigenvalue weighted by atomic mass is 10.2. The molecule has 1 amide bonds. The Kier molecular flexibility index (Phi) is 4.04. The molecule has 0 atom stereocenters. The maximum absolute atomic E-state index is 11.8. The van der Waals surface area contributed by atoms with Gasteiger partial charge < -0.3 is 0 Å². The molecular formula is C13H15N3OS. The number of hydrogen-bond acceptors (Lipinski definition) is 4. The zero-order valence-electron chi connectivity index (χ0n) is 10.5. The van der Waals surface area contributed by atoms with Gasteiger partial charge in [-0.05, 0) is 6.42 Å². The molecule has 0 aliphatic rings. The van der Waals surface area contributed by atoms with Crippen molar-refractivity contribution in [2.45, 2.75) is 19.8 Å². The van der Waals surface area contributed by atoms with Crippen LogP contribution in [-0.4, -0.2) is 23.2 Å². The average Bonchev–Trinajstić information content (AvgIpc) is 2.89. The highest BCUT2D eigenvalue weighted by molar-refractivity contribution is 7.18. The van der Waals surface area contributed by atoms with E-state index in [0.29, 0.717) is 11.6 Å². The van der Waals surface area contributed by atoms with Crippen LogP contribution in [0.1, 0.15) is 19.8 Å². The van der Waals surface area contributed by atoms with Gasteiger partial charge in [0.1, 0.15) is 5.01 Å². The Balaban J connectivity index is 2.18. The van der Waals surface area contributed by atoms with Gasteiger partial charge in [0.05, 0.1) is 0 Å². The van der Waals surface area contributed by atoms with Crippen LogP contribution in [0.2, 0.25) is 0 Å². The van der Waals surface area contributed by atoms with E-state index in [1.165, 1.54) is 11.3 Å².